The predicted molar refractivity (Wildman–Crippen MR) is 128 cm³/mol. The zero-order valence-corrected chi connectivity index (χ0v) is 19.6. The van der Waals surface area contributed by atoms with Crippen LogP contribution in [0.2, 0.25) is 0 Å². The van der Waals surface area contributed by atoms with Gasteiger partial charge in [0.15, 0.2) is 28.3 Å². The van der Waals surface area contributed by atoms with Gasteiger partial charge in [-0.3, -0.25) is 9.36 Å². The van der Waals surface area contributed by atoms with E-state index in [1.165, 1.54) is 36.0 Å². The number of ether oxygens (including phenoxy) is 3. The summed E-state index contributed by atoms with van der Waals surface area (Å²) in [5.74, 6) is 2.04. The number of rotatable bonds is 9. The molecule has 0 fully saturated rings. The standard InChI is InChI=1S/C25H22FN3O4S/c1-31-20-11-9-19(10-12-20)29-24(17-6-13-22(32-2)23(14-17)33-3)27-28-25(29)34-15-21(30)16-4-7-18(26)8-5-16/h4-14H,15H2,1-3H3. The maximum Gasteiger partial charge on any atom is 0.196 e. The monoisotopic (exact) mass is 479 g/mol. The number of Topliss-reactive ketones (excluding diaryl/α,β-unsaturated/α-hetero) is 1. The van der Waals surface area contributed by atoms with Gasteiger partial charge < -0.3 is 14.2 Å². The van der Waals surface area contributed by atoms with Gasteiger partial charge in [-0.2, -0.15) is 0 Å². The maximum atomic E-state index is 13.2. The first-order valence-corrected chi connectivity index (χ1v) is 11.3. The first-order chi connectivity index (χ1) is 16.5. The van der Waals surface area contributed by atoms with E-state index in [0.717, 1.165) is 11.3 Å². The molecule has 4 rings (SSSR count). The van der Waals surface area contributed by atoms with Crippen molar-refractivity contribution in [3.63, 3.8) is 0 Å². The number of aromatic nitrogens is 3. The van der Waals surface area contributed by atoms with E-state index in [1.54, 1.807) is 27.4 Å². The van der Waals surface area contributed by atoms with Crippen molar-refractivity contribution >= 4 is 17.5 Å². The summed E-state index contributed by atoms with van der Waals surface area (Å²) < 4.78 is 31.1. The lowest BCUT2D eigenvalue weighted by Crippen LogP contribution is -2.05. The molecule has 1 aromatic heterocycles. The number of ketones is 1. The number of methoxy groups -OCH3 is 3. The molecular weight excluding hydrogens is 457 g/mol. The number of thioether (sulfide) groups is 1. The third kappa shape index (κ3) is 4.89. The Hall–Kier alpha value is -3.85. The topological polar surface area (TPSA) is 75.5 Å². The zero-order chi connectivity index (χ0) is 24.1. The highest BCUT2D eigenvalue weighted by Gasteiger charge is 2.19. The van der Waals surface area contributed by atoms with Gasteiger partial charge in [-0.25, -0.2) is 4.39 Å². The van der Waals surface area contributed by atoms with E-state index in [4.69, 9.17) is 14.2 Å². The van der Waals surface area contributed by atoms with Crippen LogP contribution in [0.5, 0.6) is 17.2 Å². The quantitative estimate of drug-likeness (QED) is 0.245. The van der Waals surface area contributed by atoms with E-state index >= 15 is 0 Å². The molecule has 7 nitrogen and oxygen atoms in total. The minimum absolute atomic E-state index is 0.117. The van der Waals surface area contributed by atoms with Crippen LogP contribution in [0.25, 0.3) is 17.1 Å². The van der Waals surface area contributed by atoms with Gasteiger partial charge in [-0.15, -0.1) is 10.2 Å². The first kappa shape index (κ1) is 23.3. The van der Waals surface area contributed by atoms with Crippen LogP contribution in [0, 0.1) is 5.82 Å². The lowest BCUT2D eigenvalue weighted by Gasteiger charge is -2.13. The molecule has 0 saturated heterocycles. The Morgan fingerprint density at radius 1 is 0.882 bits per heavy atom. The number of benzene rings is 3. The molecule has 34 heavy (non-hydrogen) atoms. The third-order valence-electron chi connectivity index (χ3n) is 5.10. The average Bonchev–Trinajstić information content (AvgIpc) is 3.31. The van der Waals surface area contributed by atoms with Crippen molar-refractivity contribution in [2.45, 2.75) is 5.16 Å². The molecule has 0 aliphatic heterocycles. The zero-order valence-electron chi connectivity index (χ0n) is 18.8. The molecule has 3 aromatic carbocycles. The number of halogens is 1. The van der Waals surface area contributed by atoms with Crippen LogP contribution in [0.1, 0.15) is 10.4 Å². The summed E-state index contributed by atoms with van der Waals surface area (Å²) >= 11 is 1.25. The van der Waals surface area contributed by atoms with Gasteiger partial charge in [0.2, 0.25) is 0 Å². The first-order valence-electron chi connectivity index (χ1n) is 10.3. The summed E-state index contributed by atoms with van der Waals surface area (Å²) in [7, 11) is 4.74. The summed E-state index contributed by atoms with van der Waals surface area (Å²) in [5.41, 5.74) is 1.99. The van der Waals surface area contributed by atoms with Crippen LogP contribution in [0.3, 0.4) is 0 Å². The lowest BCUT2D eigenvalue weighted by atomic mass is 10.1. The van der Waals surface area contributed by atoms with Gasteiger partial charge in [0.05, 0.1) is 27.1 Å². The van der Waals surface area contributed by atoms with Crippen LogP contribution in [0.15, 0.2) is 71.9 Å². The Morgan fingerprint density at radius 3 is 2.24 bits per heavy atom. The van der Waals surface area contributed by atoms with Crippen molar-refractivity contribution in [3.05, 3.63) is 78.1 Å². The summed E-state index contributed by atoms with van der Waals surface area (Å²) in [5, 5.41) is 9.28. The number of carbonyl (C=O) groups is 1. The lowest BCUT2D eigenvalue weighted by molar-refractivity contribution is 0.102. The number of hydrogen-bond donors (Lipinski definition) is 0. The molecule has 0 spiro atoms. The SMILES string of the molecule is COc1ccc(-n2c(SCC(=O)c3ccc(F)cc3)nnc2-c2ccc(OC)c(OC)c2)cc1. The fourth-order valence-electron chi connectivity index (χ4n) is 3.34. The molecule has 0 amide bonds. The minimum Gasteiger partial charge on any atom is -0.497 e. The molecule has 1 heterocycles. The fraction of sp³-hybridized carbons (Fsp3) is 0.160. The van der Waals surface area contributed by atoms with Crippen molar-refractivity contribution < 1.29 is 23.4 Å². The van der Waals surface area contributed by atoms with E-state index in [-0.39, 0.29) is 17.4 Å². The number of hydrogen-bond acceptors (Lipinski definition) is 7. The van der Waals surface area contributed by atoms with E-state index in [1.807, 2.05) is 41.0 Å². The van der Waals surface area contributed by atoms with Crippen molar-refractivity contribution in [1.82, 2.24) is 14.8 Å². The van der Waals surface area contributed by atoms with Gasteiger partial charge in [0.1, 0.15) is 11.6 Å². The van der Waals surface area contributed by atoms with Crippen molar-refractivity contribution in [2.24, 2.45) is 0 Å². The van der Waals surface area contributed by atoms with Gasteiger partial charge in [-0.1, -0.05) is 11.8 Å². The highest BCUT2D eigenvalue weighted by molar-refractivity contribution is 7.99. The number of nitrogens with zero attached hydrogens (tertiary/aromatic N) is 3. The average molecular weight is 480 g/mol. The van der Waals surface area contributed by atoms with E-state index < -0.39 is 0 Å². The molecule has 0 aliphatic rings. The summed E-state index contributed by atoms with van der Waals surface area (Å²) in [6.45, 7) is 0. The summed E-state index contributed by atoms with van der Waals surface area (Å²) in [6, 6.07) is 18.4. The second kappa shape index (κ2) is 10.4. The van der Waals surface area contributed by atoms with E-state index in [9.17, 15) is 9.18 Å². The molecule has 9 heteroatoms. The van der Waals surface area contributed by atoms with Crippen LogP contribution < -0.4 is 14.2 Å². The van der Waals surface area contributed by atoms with Gasteiger partial charge in [0.25, 0.3) is 0 Å². The molecule has 0 atom stereocenters. The fourth-order valence-corrected chi connectivity index (χ4v) is 4.19. The normalized spacial score (nSPS) is 10.7. The van der Waals surface area contributed by atoms with Crippen molar-refractivity contribution in [3.8, 4) is 34.3 Å². The maximum absolute atomic E-state index is 13.2. The van der Waals surface area contributed by atoms with Gasteiger partial charge in [-0.05, 0) is 66.7 Å². The second-order valence-electron chi connectivity index (χ2n) is 7.13. The smallest absolute Gasteiger partial charge is 0.196 e. The van der Waals surface area contributed by atoms with Crippen LogP contribution in [-0.2, 0) is 0 Å². The Labute approximate surface area is 200 Å². The van der Waals surface area contributed by atoms with Crippen molar-refractivity contribution in [1.29, 1.82) is 0 Å². The molecule has 4 aromatic rings. The second-order valence-corrected chi connectivity index (χ2v) is 8.07. The highest BCUT2D eigenvalue weighted by atomic mass is 32.2. The molecule has 0 bridgehead atoms. The summed E-state index contributed by atoms with van der Waals surface area (Å²) in [6.07, 6.45) is 0. The molecular formula is C25H22FN3O4S. The summed E-state index contributed by atoms with van der Waals surface area (Å²) in [4.78, 5) is 12.6. The van der Waals surface area contributed by atoms with Gasteiger partial charge in [0, 0.05) is 16.8 Å². The van der Waals surface area contributed by atoms with E-state index in [0.29, 0.717) is 33.8 Å². The third-order valence-corrected chi connectivity index (χ3v) is 6.03. The Balaban J connectivity index is 1.71. The van der Waals surface area contributed by atoms with E-state index in [2.05, 4.69) is 10.2 Å². The molecule has 0 N–H and O–H groups in total. The number of carbonyl (C=O) groups excluding carboxylic acids is 1. The molecule has 174 valence electrons. The van der Waals surface area contributed by atoms with Crippen LogP contribution >= 0.6 is 11.8 Å². The molecule has 0 unspecified atom stereocenters. The molecule has 0 saturated carbocycles. The Kier molecular flexibility index (Phi) is 7.12. The highest BCUT2D eigenvalue weighted by Crippen LogP contribution is 2.34. The Bertz CT molecular complexity index is 1290. The molecule has 0 radical (unpaired) electrons. The Morgan fingerprint density at radius 2 is 1.59 bits per heavy atom. The predicted octanol–water partition coefficient (Wildman–Crippen LogP) is 5.07. The van der Waals surface area contributed by atoms with Crippen molar-refractivity contribution in [2.75, 3.05) is 27.1 Å². The van der Waals surface area contributed by atoms with Gasteiger partial charge >= 0.3 is 0 Å². The largest absolute Gasteiger partial charge is 0.497 e. The van der Waals surface area contributed by atoms with Crippen LogP contribution in [-0.4, -0.2) is 47.6 Å². The minimum atomic E-state index is -0.386. The molecule has 0 aliphatic carbocycles. The van der Waals surface area contributed by atoms with Crippen LogP contribution in [0.4, 0.5) is 4.39 Å².